The first-order chi connectivity index (χ1) is 20.0. The van der Waals surface area contributed by atoms with Gasteiger partial charge in [-0.3, -0.25) is 4.90 Å². The average Bonchev–Trinajstić information content (AvgIpc) is 3.27. The molecule has 1 aromatic carbocycles. The maximum absolute atomic E-state index is 15.7. The molecule has 5 heterocycles. The lowest BCUT2D eigenvalue weighted by Crippen LogP contribution is -2.52. The predicted octanol–water partition coefficient (Wildman–Crippen LogP) is 3.39. The molecular formula is C31H43FN8O. The number of fused-ring (bicyclic) bond motifs is 2. The molecule has 41 heavy (non-hydrogen) atoms. The number of likely N-dealkylation sites (N-methyl/N-ethyl adjacent to an activating group) is 1. The first kappa shape index (κ1) is 28.1. The molecule has 6 rings (SSSR count). The topological polar surface area (TPSA) is 94.1 Å². The monoisotopic (exact) mass is 562 g/mol. The molecule has 5 aliphatic rings. The molecule has 10 heteroatoms. The van der Waals surface area contributed by atoms with Crippen molar-refractivity contribution in [2.75, 3.05) is 64.4 Å². The number of ether oxygens (including phenoxy) is 1. The summed E-state index contributed by atoms with van der Waals surface area (Å²) in [5.74, 6) is 0.938. The number of amidine groups is 1. The van der Waals surface area contributed by atoms with Crippen LogP contribution in [0.15, 0.2) is 50.9 Å². The van der Waals surface area contributed by atoms with E-state index >= 15 is 4.39 Å². The van der Waals surface area contributed by atoms with E-state index in [0.717, 1.165) is 107 Å². The third-order valence-corrected chi connectivity index (χ3v) is 9.08. The first-order valence-corrected chi connectivity index (χ1v) is 15.2. The minimum absolute atomic E-state index is 0.212. The molecule has 0 aliphatic carbocycles. The maximum Gasteiger partial charge on any atom is 0.148 e. The summed E-state index contributed by atoms with van der Waals surface area (Å²) in [7, 11) is 2.19. The lowest BCUT2D eigenvalue weighted by molar-refractivity contribution is 0.0802. The quantitative estimate of drug-likeness (QED) is 0.552. The molecule has 0 amide bonds. The van der Waals surface area contributed by atoms with Crippen molar-refractivity contribution >= 4 is 28.5 Å². The van der Waals surface area contributed by atoms with Crippen molar-refractivity contribution in [3.05, 3.63) is 47.3 Å². The van der Waals surface area contributed by atoms with E-state index in [2.05, 4.69) is 39.0 Å². The van der Waals surface area contributed by atoms with Crippen LogP contribution in [0.2, 0.25) is 0 Å². The fourth-order valence-corrected chi connectivity index (χ4v) is 6.47. The highest BCUT2D eigenvalue weighted by atomic mass is 19.1. The molecule has 0 saturated carbocycles. The number of hydrogen-bond acceptors (Lipinski definition) is 9. The smallest absolute Gasteiger partial charge is 0.148 e. The Labute approximate surface area is 242 Å². The molecule has 3 N–H and O–H groups in total. The highest BCUT2D eigenvalue weighted by Crippen LogP contribution is 2.31. The molecule has 5 aliphatic heterocycles. The Morgan fingerprint density at radius 2 is 1.76 bits per heavy atom. The van der Waals surface area contributed by atoms with E-state index in [1.54, 1.807) is 12.3 Å². The van der Waals surface area contributed by atoms with Gasteiger partial charge < -0.3 is 25.6 Å². The van der Waals surface area contributed by atoms with E-state index in [9.17, 15) is 0 Å². The Balaban J connectivity index is 1.21. The molecule has 3 saturated heterocycles. The van der Waals surface area contributed by atoms with Gasteiger partial charge in [0.15, 0.2) is 0 Å². The van der Waals surface area contributed by atoms with E-state index < -0.39 is 0 Å². The van der Waals surface area contributed by atoms with E-state index in [1.165, 1.54) is 0 Å². The van der Waals surface area contributed by atoms with Crippen molar-refractivity contribution in [2.24, 2.45) is 20.7 Å². The van der Waals surface area contributed by atoms with Crippen molar-refractivity contribution in [3.8, 4) is 0 Å². The van der Waals surface area contributed by atoms with Crippen LogP contribution in [0.25, 0.3) is 5.57 Å². The van der Waals surface area contributed by atoms with Gasteiger partial charge in [-0.1, -0.05) is 13.0 Å². The second-order valence-corrected chi connectivity index (χ2v) is 11.8. The Hall–Kier alpha value is -3.08. The molecule has 0 atom stereocenters. The van der Waals surface area contributed by atoms with Crippen molar-refractivity contribution in [3.63, 3.8) is 0 Å². The summed E-state index contributed by atoms with van der Waals surface area (Å²) in [4.78, 5) is 21.7. The summed E-state index contributed by atoms with van der Waals surface area (Å²) >= 11 is 0. The van der Waals surface area contributed by atoms with Gasteiger partial charge in [0.25, 0.3) is 0 Å². The van der Waals surface area contributed by atoms with Gasteiger partial charge in [0, 0.05) is 82.8 Å². The SMILES string of the molecule is CCC1=C(NC2CCOCC2)N=C2CC(=N1)C(N)=NC=C2c1ccc(N2CCC(N3CCN(C)CC3)CC2)c(F)c1. The van der Waals surface area contributed by atoms with Crippen LogP contribution in [0, 0.1) is 5.82 Å². The number of nitrogens with zero attached hydrogens (tertiary/aromatic N) is 6. The van der Waals surface area contributed by atoms with Gasteiger partial charge in [0.1, 0.15) is 17.5 Å². The zero-order chi connectivity index (χ0) is 28.3. The fraction of sp³-hybridized carbons (Fsp3) is 0.581. The Kier molecular flexibility index (Phi) is 8.50. The highest BCUT2D eigenvalue weighted by Gasteiger charge is 2.29. The van der Waals surface area contributed by atoms with Gasteiger partial charge in [0.2, 0.25) is 0 Å². The molecule has 0 aromatic heterocycles. The maximum atomic E-state index is 15.7. The molecule has 3 fully saturated rings. The zero-order valence-corrected chi connectivity index (χ0v) is 24.4. The van der Waals surface area contributed by atoms with Crippen molar-refractivity contribution in [2.45, 2.75) is 57.5 Å². The predicted molar refractivity (Wildman–Crippen MR) is 164 cm³/mol. The molecule has 1 aromatic rings. The Bertz CT molecular complexity index is 1280. The summed E-state index contributed by atoms with van der Waals surface area (Å²) in [6.45, 7) is 9.80. The van der Waals surface area contributed by atoms with E-state index in [0.29, 0.717) is 36.1 Å². The van der Waals surface area contributed by atoms with Crippen LogP contribution in [0.5, 0.6) is 0 Å². The summed E-state index contributed by atoms with van der Waals surface area (Å²) in [5, 5.41) is 3.62. The normalized spacial score (nSPS) is 23.8. The lowest BCUT2D eigenvalue weighted by atomic mass is 9.97. The van der Waals surface area contributed by atoms with Crippen LogP contribution < -0.4 is 16.0 Å². The highest BCUT2D eigenvalue weighted by molar-refractivity contribution is 6.48. The number of rotatable bonds is 6. The van der Waals surface area contributed by atoms with Crippen LogP contribution in [0.1, 0.15) is 51.0 Å². The second-order valence-electron chi connectivity index (χ2n) is 11.8. The van der Waals surface area contributed by atoms with Crippen LogP contribution in [0.3, 0.4) is 0 Å². The van der Waals surface area contributed by atoms with Gasteiger partial charge in [-0.25, -0.2) is 19.4 Å². The number of halogens is 1. The average molecular weight is 563 g/mol. The Morgan fingerprint density at radius 3 is 2.46 bits per heavy atom. The van der Waals surface area contributed by atoms with Crippen LogP contribution in [-0.2, 0) is 4.74 Å². The van der Waals surface area contributed by atoms with Gasteiger partial charge in [-0.15, -0.1) is 0 Å². The largest absolute Gasteiger partial charge is 0.382 e. The van der Waals surface area contributed by atoms with Crippen LogP contribution >= 0.6 is 0 Å². The third-order valence-electron chi connectivity index (χ3n) is 9.08. The summed E-state index contributed by atoms with van der Waals surface area (Å²) in [6.07, 6.45) is 6.87. The number of nitrogens with one attached hydrogen (secondary N) is 1. The number of piperazine rings is 1. The summed E-state index contributed by atoms with van der Waals surface area (Å²) in [6, 6.07) is 6.41. The minimum atomic E-state index is -0.212. The molecule has 0 unspecified atom stereocenters. The summed E-state index contributed by atoms with van der Waals surface area (Å²) < 4.78 is 21.3. The van der Waals surface area contributed by atoms with E-state index in [1.807, 2.05) is 12.1 Å². The van der Waals surface area contributed by atoms with Crippen molar-refractivity contribution in [1.82, 2.24) is 15.1 Å². The molecule has 220 valence electrons. The number of nitrogens with two attached hydrogens (primary N) is 1. The number of aliphatic imine (C=N–C) groups is 3. The molecule has 0 radical (unpaired) electrons. The van der Waals surface area contributed by atoms with Gasteiger partial charge in [0.05, 0.1) is 22.8 Å². The van der Waals surface area contributed by atoms with Gasteiger partial charge >= 0.3 is 0 Å². The number of hydrogen-bond donors (Lipinski definition) is 2. The first-order valence-electron chi connectivity index (χ1n) is 15.2. The van der Waals surface area contributed by atoms with E-state index in [4.69, 9.17) is 20.5 Å². The van der Waals surface area contributed by atoms with Crippen LogP contribution in [-0.4, -0.2) is 98.7 Å². The van der Waals surface area contributed by atoms with Gasteiger partial charge in [-0.2, -0.15) is 0 Å². The number of allylic oxidation sites excluding steroid dienone is 2. The molecular weight excluding hydrogens is 519 g/mol. The van der Waals surface area contributed by atoms with Gasteiger partial charge in [-0.05, 0) is 56.8 Å². The van der Waals surface area contributed by atoms with Crippen molar-refractivity contribution < 1.29 is 9.13 Å². The molecule has 9 nitrogen and oxygen atoms in total. The third kappa shape index (κ3) is 6.24. The zero-order valence-electron chi connectivity index (χ0n) is 24.4. The summed E-state index contributed by atoms with van der Waals surface area (Å²) in [5.41, 5.74) is 10.9. The second kappa shape index (κ2) is 12.4. The number of piperidine rings is 1. The standard InChI is InChI=1S/C31H43FN8O/c1-3-26-31(35-22-8-16-41-17-9-22)37-27-19-28(36-26)30(33)34-20-24(27)21-4-5-29(25(32)18-21)40-10-6-23(7-11-40)39-14-12-38(2)13-15-39/h4-5,18,20,22-23H,3,6-17,19H2,1-2H3,(H2,33,34)(H,35,37). The minimum Gasteiger partial charge on any atom is -0.382 e. The van der Waals surface area contributed by atoms with Crippen LogP contribution in [0.4, 0.5) is 10.1 Å². The molecule has 2 bridgehead atoms. The number of anilines is 1. The molecule has 0 spiro atoms. The lowest BCUT2D eigenvalue weighted by Gasteiger charge is -2.42. The number of benzene rings is 1. The van der Waals surface area contributed by atoms with E-state index in [-0.39, 0.29) is 11.9 Å². The fourth-order valence-electron chi connectivity index (χ4n) is 6.47. The van der Waals surface area contributed by atoms with Crippen molar-refractivity contribution in [1.29, 1.82) is 0 Å². The Morgan fingerprint density at radius 1 is 1.00 bits per heavy atom.